The van der Waals surface area contributed by atoms with Crippen LogP contribution < -0.4 is 5.32 Å². The molecule has 3 heterocycles. The molecule has 2 aromatic heterocycles. The molecule has 3 aromatic rings. The Kier molecular flexibility index (Phi) is 6.11. The molecule has 0 radical (unpaired) electrons. The number of aromatic nitrogens is 3. The third-order valence-corrected chi connectivity index (χ3v) is 8.45. The number of hydrogen-bond donors (Lipinski definition) is 1. The fourth-order valence-electron chi connectivity index (χ4n) is 3.58. The molecule has 0 saturated carbocycles. The van der Waals surface area contributed by atoms with Gasteiger partial charge in [-0.15, -0.1) is 10.2 Å². The van der Waals surface area contributed by atoms with Crippen LogP contribution in [-0.4, -0.2) is 47.1 Å². The summed E-state index contributed by atoms with van der Waals surface area (Å²) >= 11 is 7.11. The van der Waals surface area contributed by atoms with E-state index in [1.54, 1.807) is 38.1 Å². The van der Waals surface area contributed by atoms with Crippen molar-refractivity contribution in [3.8, 4) is 0 Å². The first-order valence-electron chi connectivity index (χ1n) is 9.59. The lowest BCUT2D eigenvalue weighted by Crippen LogP contribution is -2.39. The Bertz CT molecular complexity index is 1200. The molecule has 4 rings (SSSR count). The zero-order valence-electron chi connectivity index (χ0n) is 16.8. The van der Waals surface area contributed by atoms with Gasteiger partial charge in [-0.2, -0.15) is 4.31 Å². The highest BCUT2D eigenvalue weighted by atomic mass is 35.5. The molecular formula is C19H20ClN5O4S2. The number of nitrogens with one attached hydrogen (secondary N) is 1. The van der Waals surface area contributed by atoms with E-state index in [0.29, 0.717) is 34.4 Å². The van der Waals surface area contributed by atoms with E-state index in [1.165, 1.54) is 15.6 Å². The first-order valence-corrected chi connectivity index (χ1v) is 12.2. The van der Waals surface area contributed by atoms with Gasteiger partial charge in [0.2, 0.25) is 15.0 Å². The SMILES string of the molecule is Cc1noc(C)c1S(=O)(=O)N1CCC[C@@H](c2nnc(C(=O)Nc3cccc(Cl)c3)s2)C1. The molecule has 0 unspecified atom stereocenters. The van der Waals surface area contributed by atoms with Gasteiger partial charge in [-0.3, -0.25) is 4.79 Å². The van der Waals surface area contributed by atoms with E-state index >= 15 is 0 Å². The first-order chi connectivity index (χ1) is 14.8. The van der Waals surface area contributed by atoms with Crippen LogP contribution in [0.3, 0.4) is 0 Å². The smallest absolute Gasteiger partial charge is 0.286 e. The monoisotopic (exact) mass is 481 g/mol. The Hall–Kier alpha value is -2.34. The molecule has 1 amide bonds. The summed E-state index contributed by atoms with van der Waals surface area (Å²) in [6.07, 6.45) is 1.44. The minimum absolute atomic E-state index is 0.118. The van der Waals surface area contributed by atoms with Gasteiger partial charge in [-0.05, 0) is 44.9 Å². The summed E-state index contributed by atoms with van der Waals surface area (Å²) in [5, 5.41) is 16.0. The number of halogens is 1. The molecule has 164 valence electrons. The Balaban J connectivity index is 1.49. The fraction of sp³-hybridized carbons (Fsp3) is 0.368. The lowest BCUT2D eigenvalue weighted by Gasteiger charge is -2.30. The summed E-state index contributed by atoms with van der Waals surface area (Å²) < 4.78 is 32.7. The number of amides is 1. The minimum atomic E-state index is -3.73. The van der Waals surface area contributed by atoms with Crippen LogP contribution in [0.1, 0.15) is 45.0 Å². The van der Waals surface area contributed by atoms with E-state index < -0.39 is 10.0 Å². The van der Waals surface area contributed by atoms with Gasteiger partial charge in [0, 0.05) is 29.7 Å². The number of carbonyl (C=O) groups is 1. The summed E-state index contributed by atoms with van der Waals surface area (Å²) in [6.45, 7) is 3.87. The van der Waals surface area contributed by atoms with Gasteiger partial charge in [0.1, 0.15) is 15.6 Å². The summed E-state index contributed by atoms with van der Waals surface area (Å²) in [4.78, 5) is 12.6. The molecule has 9 nitrogen and oxygen atoms in total. The number of nitrogens with zero attached hydrogens (tertiary/aromatic N) is 4. The topological polar surface area (TPSA) is 118 Å². The minimum Gasteiger partial charge on any atom is -0.360 e. The van der Waals surface area contributed by atoms with Crippen molar-refractivity contribution in [3.05, 3.63) is 50.8 Å². The van der Waals surface area contributed by atoms with Gasteiger partial charge >= 0.3 is 0 Å². The fourth-order valence-corrected chi connectivity index (χ4v) is 6.45. The molecule has 1 atom stereocenters. The molecular weight excluding hydrogens is 462 g/mol. The highest BCUT2D eigenvalue weighted by molar-refractivity contribution is 7.89. The Morgan fingerprint density at radius 3 is 2.84 bits per heavy atom. The van der Waals surface area contributed by atoms with E-state index in [9.17, 15) is 13.2 Å². The molecule has 1 fully saturated rings. The Morgan fingerprint density at radius 1 is 1.32 bits per heavy atom. The lowest BCUT2D eigenvalue weighted by atomic mass is 10.0. The van der Waals surface area contributed by atoms with Gasteiger partial charge in [0.05, 0.1) is 0 Å². The van der Waals surface area contributed by atoms with Gasteiger partial charge in [0.15, 0.2) is 5.76 Å². The normalized spacial score (nSPS) is 17.6. The summed E-state index contributed by atoms with van der Waals surface area (Å²) in [6, 6.07) is 6.81. The predicted octanol–water partition coefficient (Wildman–Crippen LogP) is 3.62. The summed E-state index contributed by atoms with van der Waals surface area (Å²) in [5.74, 6) is -0.258. The molecule has 1 aromatic carbocycles. The molecule has 1 saturated heterocycles. The van der Waals surface area contributed by atoms with Crippen molar-refractivity contribution in [3.63, 3.8) is 0 Å². The van der Waals surface area contributed by atoms with Crippen molar-refractivity contribution in [2.45, 2.75) is 37.5 Å². The number of benzene rings is 1. The maximum Gasteiger partial charge on any atom is 0.286 e. The van der Waals surface area contributed by atoms with Crippen LogP contribution in [0.15, 0.2) is 33.7 Å². The number of carbonyl (C=O) groups excluding carboxylic acids is 1. The quantitative estimate of drug-likeness (QED) is 0.591. The van der Waals surface area contributed by atoms with Crippen LogP contribution in [0.2, 0.25) is 5.02 Å². The molecule has 1 aliphatic rings. The molecule has 31 heavy (non-hydrogen) atoms. The van der Waals surface area contributed by atoms with Gasteiger partial charge < -0.3 is 9.84 Å². The van der Waals surface area contributed by atoms with Gasteiger partial charge in [-0.1, -0.05) is 34.2 Å². The van der Waals surface area contributed by atoms with Crippen LogP contribution in [0.5, 0.6) is 0 Å². The molecule has 0 aliphatic carbocycles. The highest BCUT2D eigenvalue weighted by Crippen LogP contribution is 2.33. The van der Waals surface area contributed by atoms with E-state index in [2.05, 4.69) is 20.7 Å². The second kappa shape index (κ2) is 8.65. The third kappa shape index (κ3) is 4.49. The number of anilines is 1. The van der Waals surface area contributed by atoms with E-state index in [-0.39, 0.29) is 34.0 Å². The first kappa shape index (κ1) is 21.9. The number of hydrogen-bond acceptors (Lipinski definition) is 8. The van der Waals surface area contributed by atoms with Crippen molar-refractivity contribution in [1.29, 1.82) is 0 Å². The molecule has 0 spiro atoms. The van der Waals surface area contributed by atoms with Crippen LogP contribution in [0, 0.1) is 13.8 Å². The Labute approximate surface area is 188 Å². The highest BCUT2D eigenvalue weighted by Gasteiger charge is 2.36. The van der Waals surface area contributed by atoms with Crippen molar-refractivity contribution in [2.75, 3.05) is 18.4 Å². The second-order valence-corrected chi connectivity index (χ2v) is 10.6. The largest absolute Gasteiger partial charge is 0.360 e. The molecule has 1 N–H and O–H groups in total. The average molecular weight is 482 g/mol. The zero-order valence-corrected chi connectivity index (χ0v) is 19.2. The van der Waals surface area contributed by atoms with Crippen LogP contribution >= 0.6 is 22.9 Å². The van der Waals surface area contributed by atoms with E-state index in [4.69, 9.17) is 16.1 Å². The third-order valence-electron chi connectivity index (χ3n) is 5.02. The Morgan fingerprint density at radius 2 is 2.13 bits per heavy atom. The molecule has 12 heteroatoms. The van der Waals surface area contributed by atoms with Crippen molar-refractivity contribution in [1.82, 2.24) is 19.7 Å². The van der Waals surface area contributed by atoms with Crippen molar-refractivity contribution in [2.24, 2.45) is 0 Å². The zero-order chi connectivity index (χ0) is 22.2. The second-order valence-electron chi connectivity index (χ2n) is 7.27. The summed E-state index contributed by atoms with van der Waals surface area (Å²) in [7, 11) is -3.73. The van der Waals surface area contributed by atoms with Gasteiger partial charge in [0.25, 0.3) is 5.91 Å². The van der Waals surface area contributed by atoms with Crippen LogP contribution in [0.25, 0.3) is 0 Å². The van der Waals surface area contributed by atoms with Crippen LogP contribution in [-0.2, 0) is 10.0 Å². The summed E-state index contributed by atoms with van der Waals surface area (Å²) in [5.41, 5.74) is 0.902. The predicted molar refractivity (Wildman–Crippen MR) is 116 cm³/mol. The van der Waals surface area contributed by atoms with Gasteiger partial charge in [-0.25, -0.2) is 8.42 Å². The van der Waals surface area contributed by atoms with Crippen molar-refractivity contribution < 1.29 is 17.7 Å². The number of rotatable bonds is 5. The number of sulfonamides is 1. The van der Waals surface area contributed by atoms with E-state index in [0.717, 1.165) is 6.42 Å². The van der Waals surface area contributed by atoms with Crippen molar-refractivity contribution >= 4 is 44.6 Å². The van der Waals surface area contributed by atoms with E-state index in [1.807, 2.05) is 0 Å². The number of aryl methyl sites for hydroxylation is 2. The number of piperidine rings is 1. The maximum absolute atomic E-state index is 13.1. The standard InChI is InChI=1S/C19H20ClN5O4S2/c1-11-16(12(2)29-24-11)31(27,28)25-8-4-5-13(10-25)18-22-23-19(30-18)17(26)21-15-7-3-6-14(20)9-15/h3,6-7,9,13H,4-5,8,10H2,1-2H3,(H,21,26)/t13-/m1/s1. The molecule has 0 bridgehead atoms. The molecule has 1 aliphatic heterocycles. The van der Waals surface area contributed by atoms with Crippen LogP contribution in [0.4, 0.5) is 5.69 Å². The lowest BCUT2D eigenvalue weighted by molar-refractivity contribution is 0.102. The maximum atomic E-state index is 13.1. The average Bonchev–Trinajstić information content (AvgIpc) is 3.35.